The Hall–Kier alpha value is -1.09. The Morgan fingerprint density at radius 2 is 2.20 bits per heavy atom. The fraction of sp³-hybridized carbons (Fsp3) is 0.500. The first-order chi connectivity index (χ1) is 7.18. The molecule has 0 spiro atoms. The number of halogens is 1. The van der Waals surface area contributed by atoms with Gasteiger partial charge in [0.05, 0.1) is 0 Å². The molecule has 1 atom stereocenters. The Bertz CT molecular complexity index is 343. The smallest absolute Gasteiger partial charge is 0.130 e. The highest BCUT2D eigenvalue weighted by atomic mass is 19.1. The van der Waals surface area contributed by atoms with Crippen molar-refractivity contribution in [2.24, 2.45) is 0 Å². The van der Waals surface area contributed by atoms with Gasteiger partial charge in [-0.3, -0.25) is 0 Å². The lowest BCUT2D eigenvalue weighted by molar-refractivity contribution is 0.559. The zero-order valence-corrected chi connectivity index (χ0v) is 9.26. The maximum Gasteiger partial charge on any atom is 0.130 e. The molecule has 1 unspecified atom stereocenters. The van der Waals surface area contributed by atoms with Crippen LogP contribution in [0.25, 0.3) is 0 Å². The van der Waals surface area contributed by atoms with Crippen LogP contribution in [0.2, 0.25) is 0 Å². The number of nitrogens with zero attached hydrogens (tertiary/aromatic N) is 1. The number of hydrogen-bond acceptors (Lipinski definition) is 2. The van der Waals surface area contributed by atoms with Crippen molar-refractivity contribution in [3.8, 4) is 0 Å². The summed E-state index contributed by atoms with van der Waals surface area (Å²) in [6.07, 6.45) is 2.18. The van der Waals surface area contributed by atoms with Gasteiger partial charge in [0, 0.05) is 31.4 Å². The Morgan fingerprint density at radius 3 is 2.73 bits per heavy atom. The first kappa shape index (κ1) is 10.4. The van der Waals surface area contributed by atoms with Crippen molar-refractivity contribution in [1.29, 1.82) is 0 Å². The van der Waals surface area contributed by atoms with Crippen molar-refractivity contribution in [3.63, 3.8) is 0 Å². The van der Waals surface area contributed by atoms with Crippen LogP contribution in [0.15, 0.2) is 18.2 Å². The second-order valence-electron chi connectivity index (χ2n) is 4.25. The highest BCUT2D eigenvalue weighted by Crippen LogP contribution is 2.27. The van der Waals surface area contributed by atoms with Gasteiger partial charge in [-0.2, -0.15) is 0 Å². The molecule has 0 amide bonds. The van der Waals surface area contributed by atoms with Gasteiger partial charge in [-0.1, -0.05) is 6.07 Å². The van der Waals surface area contributed by atoms with Crippen LogP contribution in [-0.2, 0) is 0 Å². The molecular weight excluding hydrogens is 191 g/mol. The average Bonchev–Trinajstić information content (AvgIpc) is 2.70. The number of anilines is 1. The third kappa shape index (κ3) is 2.12. The van der Waals surface area contributed by atoms with E-state index in [1.807, 2.05) is 31.1 Å². The molecule has 15 heavy (non-hydrogen) atoms. The molecule has 1 saturated heterocycles. The monoisotopic (exact) mass is 208 g/mol. The van der Waals surface area contributed by atoms with Crippen LogP contribution in [-0.4, -0.2) is 20.6 Å². The van der Waals surface area contributed by atoms with Gasteiger partial charge in [0.15, 0.2) is 0 Å². The fourth-order valence-electron chi connectivity index (χ4n) is 2.03. The Morgan fingerprint density at radius 1 is 1.40 bits per heavy atom. The van der Waals surface area contributed by atoms with Gasteiger partial charge in [0.1, 0.15) is 5.82 Å². The fourth-order valence-corrected chi connectivity index (χ4v) is 2.03. The van der Waals surface area contributed by atoms with Crippen LogP contribution in [0.3, 0.4) is 0 Å². The van der Waals surface area contributed by atoms with Gasteiger partial charge < -0.3 is 10.2 Å². The first-order valence-corrected chi connectivity index (χ1v) is 5.38. The lowest BCUT2D eigenvalue weighted by Gasteiger charge is -2.16. The van der Waals surface area contributed by atoms with E-state index in [1.165, 1.54) is 0 Å². The minimum Gasteiger partial charge on any atom is -0.378 e. The molecule has 2 rings (SSSR count). The van der Waals surface area contributed by atoms with Crippen LogP contribution >= 0.6 is 0 Å². The molecule has 1 aliphatic heterocycles. The normalized spacial score (nSPS) is 20.6. The summed E-state index contributed by atoms with van der Waals surface area (Å²) >= 11 is 0. The summed E-state index contributed by atoms with van der Waals surface area (Å²) in [5.41, 5.74) is 1.72. The van der Waals surface area contributed by atoms with Gasteiger partial charge in [-0.05, 0) is 31.5 Å². The highest BCUT2D eigenvalue weighted by Gasteiger charge is 2.19. The summed E-state index contributed by atoms with van der Waals surface area (Å²) in [5.74, 6) is -0.0967. The zero-order chi connectivity index (χ0) is 10.8. The molecule has 0 aromatic heterocycles. The van der Waals surface area contributed by atoms with Gasteiger partial charge in [-0.15, -0.1) is 0 Å². The van der Waals surface area contributed by atoms with E-state index in [9.17, 15) is 4.39 Å². The number of rotatable bonds is 2. The molecule has 1 aromatic carbocycles. The molecule has 1 aliphatic rings. The van der Waals surface area contributed by atoms with Gasteiger partial charge >= 0.3 is 0 Å². The maximum absolute atomic E-state index is 13.8. The van der Waals surface area contributed by atoms with E-state index in [4.69, 9.17) is 0 Å². The van der Waals surface area contributed by atoms with E-state index < -0.39 is 0 Å². The van der Waals surface area contributed by atoms with Crippen LogP contribution < -0.4 is 10.2 Å². The lowest BCUT2D eigenvalue weighted by Crippen LogP contribution is -2.15. The largest absolute Gasteiger partial charge is 0.378 e. The summed E-state index contributed by atoms with van der Waals surface area (Å²) in [6, 6.07) is 5.68. The number of nitrogens with one attached hydrogen (secondary N) is 1. The summed E-state index contributed by atoms with van der Waals surface area (Å²) in [6.45, 7) is 1.000. The molecule has 3 heteroatoms. The number of benzene rings is 1. The predicted molar refractivity (Wildman–Crippen MR) is 60.7 cm³/mol. The third-order valence-electron chi connectivity index (χ3n) is 2.94. The molecule has 1 N–H and O–H groups in total. The van der Waals surface area contributed by atoms with Crippen molar-refractivity contribution in [2.45, 2.75) is 18.9 Å². The minimum absolute atomic E-state index is 0.0967. The quantitative estimate of drug-likeness (QED) is 0.802. The van der Waals surface area contributed by atoms with Crippen molar-refractivity contribution in [1.82, 2.24) is 5.32 Å². The third-order valence-corrected chi connectivity index (χ3v) is 2.94. The van der Waals surface area contributed by atoms with Crippen molar-refractivity contribution in [2.75, 3.05) is 25.5 Å². The molecule has 0 radical (unpaired) electrons. The van der Waals surface area contributed by atoms with Gasteiger partial charge in [0.25, 0.3) is 0 Å². The Balaban J connectivity index is 2.25. The molecule has 1 heterocycles. The van der Waals surface area contributed by atoms with Crippen molar-refractivity contribution < 1.29 is 4.39 Å². The second kappa shape index (κ2) is 4.19. The highest BCUT2D eigenvalue weighted by molar-refractivity contribution is 5.47. The Kier molecular flexibility index (Phi) is 2.91. The van der Waals surface area contributed by atoms with Gasteiger partial charge in [-0.25, -0.2) is 4.39 Å². The average molecular weight is 208 g/mol. The first-order valence-electron chi connectivity index (χ1n) is 5.38. The molecule has 1 fully saturated rings. The molecule has 82 valence electrons. The maximum atomic E-state index is 13.8. The summed E-state index contributed by atoms with van der Waals surface area (Å²) in [4.78, 5) is 1.91. The van der Waals surface area contributed by atoms with E-state index >= 15 is 0 Å². The van der Waals surface area contributed by atoms with Crippen LogP contribution in [0.5, 0.6) is 0 Å². The van der Waals surface area contributed by atoms with Gasteiger partial charge in [0.2, 0.25) is 0 Å². The summed E-state index contributed by atoms with van der Waals surface area (Å²) < 4.78 is 13.8. The number of hydrogen-bond donors (Lipinski definition) is 1. The molecule has 0 bridgehead atoms. The Labute approximate surface area is 90.1 Å². The zero-order valence-electron chi connectivity index (χ0n) is 9.26. The summed E-state index contributed by atoms with van der Waals surface area (Å²) in [7, 11) is 3.84. The SMILES string of the molecule is CN(C)c1ccc(C2CCCN2)c(F)c1. The van der Waals surface area contributed by atoms with E-state index in [0.717, 1.165) is 30.6 Å². The molecule has 1 aromatic rings. The van der Waals surface area contributed by atoms with E-state index in [0.29, 0.717) is 0 Å². The van der Waals surface area contributed by atoms with Crippen LogP contribution in [0.4, 0.5) is 10.1 Å². The van der Waals surface area contributed by atoms with Crippen LogP contribution in [0, 0.1) is 5.82 Å². The standard InChI is InChI=1S/C12H17FN2/c1-15(2)9-5-6-10(11(13)8-9)12-4-3-7-14-12/h5-6,8,12,14H,3-4,7H2,1-2H3. The molecular formula is C12H17FN2. The topological polar surface area (TPSA) is 15.3 Å². The van der Waals surface area contributed by atoms with Crippen molar-refractivity contribution >= 4 is 5.69 Å². The molecule has 0 aliphatic carbocycles. The van der Waals surface area contributed by atoms with E-state index in [2.05, 4.69) is 5.32 Å². The summed E-state index contributed by atoms with van der Waals surface area (Å²) in [5, 5.41) is 3.31. The lowest BCUT2D eigenvalue weighted by atomic mass is 10.0. The minimum atomic E-state index is -0.0967. The molecule has 2 nitrogen and oxygen atoms in total. The second-order valence-corrected chi connectivity index (χ2v) is 4.25. The van der Waals surface area contributed by atoms with Crippen LogP contribution in [0.1, 0.15) is 24.4 Å². The molecule has 0 saturated carbocycles. The van der Waals surface area contributed by atoms with Crippen molar-refractivity contribution in [3.05, 3.63) is 29.6 Å². The van der Waals surface area contributed by atoms with E-state index in [-0.39, 0.29) is 11.9 Å². The predicted octanol–water partition coefficient (Wildman–Crippen LogP) is 2.32. The van der Waals surface area contributed by atoms with E-state index in [1.54, 1.807) is 6.07 Å².